The molecule has 1 aromatic heterocycles. The molecule has 2 amide bonds. The number of amides is 2. The maximum absolute atomic E-state index is 12.9. The first kappa shape index (κ1) is 19.0. The summed E-state index contributed by atoms with van der Waals surface area (Å²) < 4.78 is 2.34. The molecule has 2 aliphatic heterocycles. The highest BCUT2D eigenvalue weighted by Crippen LogP contribution is 2.34. The molecule has 2 fully saturated rings. The summed E-state index contributed by atoms with van der Waals surface area (Å²) >= 11 is 0. The third-order valence-corrected chi connectivity index (χ3v) is 6.10. The number of hydrogen-bond donors (Lipinski definition) is 0. The Morgan fingerprint density at radius 2 is 1.68 bits per heavy atom. The molecule has 6 nitrogen and oxygen atoms in total. The van der Waals surface area contributed by atoms with Crippen LogP contribution in [0.1, 0.15) is 52.4 Å². The SMILES string of the molecule is CC(=O)N1CCC(C(=O)N2CC(n3c(C(C)(C)C)nc4ccccc43)C2)CC1. The molecule has 0 N–H and O–H groups in total. The van der Waals surface area contributed by atoms with Crippen molar-refractivity contribution >= 4 is 22.8 Å². The number of rotatable bonds is 2. The average Bonchev–Trinajstić information content (AvgIpc) is 3.00. The van der Waals surface area contributed by atoms with E-state index >= 15 is 0 Å². The fraction of sp³-hybridized carbons (Fsp3) is 0.591. The molecule has 150 valence electrons. The van der Waals surface area contributed by atoms with E-state index in [1.54, 1.807) is 6.92 Å². The Balaban J connectivity index is 1.47. The van der Waals surface area contributed by atoms with E-state index in [1.165, 1.54) is 0 Å². The van der Waals surface area contributed by atoms with Crippen LogP contribution in [0.5, 0.6) is 0 Å². The molecule has 2 aliphatic rings. The molecular formula is C22H30N4O2. The number of likely N-dealkylation sites (tertiary alicyclic amines) is 2. The maximum Gasteiger partial charge on any atom is 0.225 e. The molecule has 3 heterocycles. The average molecular weight is 383 g/mol. The molecule has 6 heteroatoms. The summed E-state index contributed by atoms with van der Waals surface area (Å²) in [7, 11) is 0. The summed E-state index contributed by atoms with van der Waals surface area (Å²) in [5.41, 5.74) is 2.12. The highest BCUT2D eigenvalue weighted by Gasteiger charge is 2.39. The molecule has 28 heavy (non-hydrogen) atoms. The molecule has 0 spiro atoms. The van der Waals surface area contributed by atoms with Gasteiger partial charge in [0.05, 0.1) is 17.1 Å². The lowest BCUT2D eigenvalue weighted by molar-refractivity contribution is -0.145. The van der Waals surface area contributed by atoms with Crippen LogP contribution in [0.2, 0.25) is 0 Å². The van der Waals surface area contributed by atoms with E-state index in [-0.39, 0.29) is 29.2 Å². The van der Waals surface area contributed by atoms with Crippen molar-refractivity contribution in [2.24, 2.45) is 5.92 Å². The van der Waals surface area contributed by atoms with E-state index in [9.17, 15) is 9.59 Å². The summed E-state index contributed by atoms with van der Waals surface area (Å²) in [6, 6.07) is 8.54. The van der Waals surface area contributed by atoms with Crippen LogP contribution in [0.4, 0.5) is 0 Å². The fourth-order valence-electron chi connectivity index (χ4n) is 4.44. The Morgan fingerprint density at radius 3 is 2.29 bits per heavy atom. The van der Waals surface area contributed by atoms with Crippen molar-refractivity contribution < 1.29 is 9.59 Å². The predicted octanol–water partition coefficient (Wildman–Crippen LogP) is 2.98. The van der Waals surface area contributed by atoms with Crippen molar-refractivity contribution in [1.29, 1.82) is 0 Å². The highest BCUT2D eigenvalue weighted by atomic mass is 16.2. The van der Waals surface area contributed by atoms with Crippen molar-refractivity contribution in [1.82, 2.24) is 19.4 Å². The molecular weight excluding hydrogens is 352 g/mol. The van der Waals surface area contributed by atoms with Crippen LogP contribution in [0.15, 0.2) is 24.3 Å². The number of piperidine rings is 1. The molecule has 2 aromatic rings. The van der Waals surface area contributed by atoms with Crippen LogP contribution in [0.25, 0.3) is 11.0 Å². The molecule has 0 atom stereocenters. The first-order valence-corrected chi connectivity index (χ1v) is 10.3. The first-order valence-electron chi connectivity index (χ1n) is 10.3. The van der Waals surface area contributed by atoms with Crippen molar-refractivity contribution in [2.45, 2.75) is 52.0 Å². The highest BCUT2D eigenvalue weighted by molar-refractivity contribution is 5.81. The maximum atomic E-state index is 12.9. The molecule has 1 aromatic carbocycles. The minimum atomic E-state index is -0.0526. The van der Waals surface area contributed by atoms with Crippen molar-refractivity contribution in [3.63, 3.8) is 0 Å². The number of para-hydroxylation sites is 2. The van der Waals surface area contributed by atoms with Gasteiger partial charge in [0.15, 0.2) is 0 Å². The Kier molecular flexibility index (Phi) is 4.68. The Morgan fingerprint density at radius 1 is 1.04 bits per heavy atom. The number of fused-ring (bicyclic) bond motifs is 1. The quantitative estimate of drug-likeness (QED) is 0.802. The second-order valence-electron chi connectivity index (χ2n) is 9.22. The van der Waals surface area contributed by atoms with Crippen LogP contribution in [-0.4, -0.2) is 57.3 Å². The summed E-state index contributed by atoms with van der Waals surface area (Å²) in [6.45, 7) is 11.1. The lowest BCUT2D eigenvalue weighted by Crippen LogP contribution is -2.54. The third-order valence-electron chi connectivity index (χ3n) is 6.10. The molecule has 0 saturated carbocycles. The summed E-state index contributed by atoms with van der Waals surface area (Å²) in [4.78, 5) is 33.1. The number of carbonyl (C=O) groups is 2. The van der Waals surface area contributed by atoms with E-state index in [0.717, 1.165) is 42.8 Å². The molecule has 0 bridgehead atoms. The van der Waals surface area contributed by atoms with E-state index in [2.05, 4.69) is 43.5 Å². The summed E-state index contributed by atoms with van der Waals surface area (Å²) in [5.74, 6) is 1.50. The van der Waals surface area contributed by atoms with Gasteiger partial charge in [-0.25, -0.2) is 4.98 Å². The largest absolute Gasteiger partial charge is 0.343 e. The van der Waals surface area contributed by atoms with Crippen LogP contribution < -0.4 is 0 Å². The van der Waals surface area contributed by atoms with Crippen LogP contribution >= 0.6 is 0 Å². The lowest BCUT2D eigenvalue weighted by atomic mass is 9.92. The van der Waals surface area contributed by atoms with Crippen LogP contribution in [0, 0.1) is 5.92 Å². The normalized spacial score (nSPS) is 19.1. The molecule has 4 rings (SSSR count). The molecule has 0 aliphatic carbocycles. The van der Waals surface area contributed by atoms with Gasteiger partial charge in [-0.1, -0.05) is 32.9 Å². The predicted molar refractivity (Wildman–Crippen MR) is 109 cm³/mol. The number of carbonyl (C=O) groups excluding carboxylic acids is 2. The topological polar surface area (TPSA) is 58.4 Å². The number of hydrogen-bond acceptors (Lipinski definition) is 3. The van der Waals surface area contributed by atoms with Crippen molar-refractivity contribution in [2.75, 3.05) is 26.2 Å². The zero-order chi connectivity index (χ0) is 20.1. The van der Waals surface area contributed by atoms with Crippen LogP contribution in [-0.2, 0) is 15.0 Å². The van der Waals surface area contributed by atoms with E-state index in [4.69, 9.17) is 4.98 Å². The zero-order valence-corrected chi connectivity index (χ0v) is 17.3. The second-order valence-corrected chi connectivity index (χ2v) is 9.22. The number of benzene rings is 1. The van der Waals surface area contributed by atoms with Gasteiger partial charge < -0.3 is 14.4 Å². The van der Waals surface area contributed by atoms with Gasteiger partial charge in [-0.3, -0.25) is 9.59 Å². The lowest BCUT2D eigenvalue weighted by Gasteiger charge is -2.44. The van der Waals surface area contributed by atoms with Gasteiger partial charge in [-0.05, 0) is 25.0 Å². The smallest absolute Gasteiger partial charge is 0.225 e. The first-order chi connectivity index (χ1) is 13.3. The van der Waals surface area contributed by atoms with Crippen molar-refractivity contribution in [3.8, 4) is 0 Å². The standard InChI is InChI=1S/C22H30N4O2/c1-15(27)24-11-9-16(10-12-24)20(28)25-13-17(14-25)26-19-8-6-5-7-18(19)23-21(26)22(2,3)4/h5-8,16-17H,9-14H2,1-4H3. The van der Waals surface area contributed by atoms with Crippen LogP contribution in [0.3, 0.4) is 0 Å². The minimum absolute atomic E-state index is 0.0526. The van der Waals surface area contributed by atoms with Gasteiger partial charge in [-0.2, -0.15) is 0 Å². The zero-order valence-electron chi connectivity index (χ0n) is 17.3. The molecule has 0 unspecified atom stereocenters. The van der Waals surface area contributed by atoms with Gasteiger partial charge in [-0.15, -0.1) is 0 Å². The molecule has 0 radical (unpaired) electrons. The van der Waals surface area contributed by atoms with E-state index in [0.29, 0.717) is 13.1 Å². The monoisotopic (exact) mass is 382 g/mol. The van der Waals surface area contributed by atoms with Gasteiger partial charge in [0.1, 0.15) is 5.82 Å². The Hall–Kier alpha value is -2.37. The molecule has 2 saturated heterocycles. The number of aromatic nitrogens is 2. The Bertz CT molecular complexity index is 897. The number of imidazole rings is 1. The third kappa shape index (κ3) is 3.29. The fourth-order valence-corrected chi connectivity index (χ4v) is 4.44. The minimum Gasteiger partial charge on any atom is -0.343 e. The summed E-state index contributed by atoms with van der Waals surface area (Å²) in [6.07, 6.45) is 1.56. The van der Waals surface area contributed by atoms with E-state index in [1.807, 2.05) is 15.9 Å². The van der Waals surface area contributed by atoms with Gasteiger partial charge in [0.25, 0.3) is 0 Å². The van der Waals surface area contributed by atoms with Crippen molar-refractivity contribution in [3.05, 3.63) is 30.1 Å². The Labute approximate surface area is 166 Å². The summed E-state index contributed by atoms with van der Waals surface area (Å²) in [5, 5.41) is 0. The van der Waals surface area contributed by atoms with Gasteiger partial charge in [0.2, 0.25) is 11.8 Å². The van der Waals surface area contributed by atoms with E-state index < -0.39 is 0 Å². The number of nitrogens with zero attached hydrogens (tertiary/aromatic N) is 4. The van der Waals surface area contributed by atoms with Gasteiger partial charge >= 0.3 is 0 Å². The second kappa shape index (κ2) is 6.90. The van der Waals surface area contributed by atoms with Gasteiger partial charge in [0, 0.05) is 44.4 Å².